The average molecular weight is 502 g/mol. The van der Waals surface area contributed by atoms with Crippen molar-refractivity contribution < 1.29 is 33.8 Å². The van der Waals surface area contributed by atoms with Gasteiger partial charge in [-0.25, -0.2) is 4.79 Å². The Morgan fingerprint density at radius 1 is 1.28 bits per heavy atom. The summed E-state index contributed by atoms with van der Waals surface area (Å²) in [5, 5.41) is 24.5. The molecule has 0 bridgehead atoms. The highest BCUT2D eigenvalue weighted by molar-refractivity contribution is 5.87. The van der Waals surface area contributed by atoms with Gasteiger partial charge >= 0.3 is 17.6 Å². The molecule has 0 aromatic heterocycles. The first-order valence-corrected chi connectivity index (χ1v) is 12.0. The Kier molecular flexibility index (Phi) is 5.38. The minimum absolute atomic E-state index is 0.0824. The van der Waals surface area contributed by atoms with Gasteiger partial charge in [-0.1, -0.05) is 19.1 Å². The second kappa shape index (κ2) is 7.91. The molecule has 4 aliphatic rings. The van der Waals surface area contributed by atoms with Crippen LogP contribution in [0.25, 0.3) is 0 Å². The molecule has 2 fully saturated rings. The van der Waals surface area contributed by atoms with Crippen molar-refractivity contribution in [2.24, 2.45) is 5.41 Å². The van der Waals surface area contributed by atoms with Gasteiger partial charge in [-0.15, -0.1) is 0 Å². The molecule has 0 radical (unpaired) electrons. The molecule has 1 N–H and O–H groups in total. The number of nitro benzene ring substituents is 1. The number of likely N-dealkylation sites (N-methyl/N-ethyl adjacent to an activating group) is 1. The number of carbonyl (C=O) groups is 2. The molecule has 36 heavy (non-hydrogen) atoms. The minimum atomic E-state index is -2.26. The number of hydrogen-bond acceptors (Lipinski definition) is 10. The molecule has 1 aromatic rings. The summed E-state index contributed by atoms with van der Waals surface area (Å²) in [6.45, 7) is 4.47. The Balaban J connectivity index is 1.89. The maximum absolute atomic E-state index is 13.6. The average Bonchev–Trinajstić information content (AvgIpc) is 3.36. The summed E-state index contributed by atoms with van der Waals surface area (Å²) >= 11 is 0. The van der Waals surface area contributed by atoms with Gasteiger partial charge in [0, 0.05) is 55.2 Å². The number of ether oxygens (including phenoxy) is 3. The first-order chi connectivity index (χ1) is 17.0. The van der Waals surface area contributed by atoms with E-state index in [1.807, 2.05) is 19.1 Å². The zero-order valence-electron chi connectivity index (χ0n) is 21.0. The number of hydrogen-bond donors (Lipinski definition) is 1. The van der Waals surface area contributed by atoms with E-state index in [9.17, 15) is 24.8 Å². The Morgan fingerprint density at radius 2 is 2.00 bits per heavy atom. The topological polar surface area (TPSA) is 132 Å². The highest BCUT2D eigenvalue weighted by Crippen LogP contribution is 2.67. The third kappa shape index (κ3) is 2.70. The Labute approximate surface area is 208 Å². The van der Waals surface area contributed by atoms with Crippen LogP contribution in [0.4, 0.5) is 11.4 Å². The fraction of sp³-hybridized carbons (Fsp3) is 0.600. The fourth-order valence-corrected chi connectivity index (χ4v) is 7.88. The molecule has 1 aliphatic carbocycles. The summed E-state index contributed by atoms with van der Waals surface area (Å²) in [5.41, 5.74) is -2.99. The van der Waals surface area contributed by atoms with Crippen LogP contribution in [0.3, 0.4) is 0 Å². The van der Waals surface area contributed by atoms with Gasteiger partial charge in [0.2, 0.25) is 5.60 Å². The third-order valence-electron chi connectivity index (χ3n) is 8.91. The largest absolute Gasteiger partial charge is 0.490 e. The second-order valence-electron chi connectivity index (χ2n) is 10.2. The fourth-order valence-electron chi connectivity index (χ4n) is 7.88. The molecule has 0 unspecified atom stereocenters. The van der Waals surface area contributed by atoms with Gasteiger partial charge in [0.1, 0.15) is 0 Å². The molecule has 11 heteroatoms. The summed E-state index contributed by atoms with van der Waals surface area (Å²) in [6, 6.07) is 1.91. The molecular weight excluding hydrogens is 470 g/mol. The number of benzene rings is 1. The molecule has 194 valence electrons. The van der Waals surface area contributed by atoms with Crippen LogP contribution in [0, 0.1) is 15.5 Å². The van der Waals surface area contributed by atoms with Gasteiger partial charge in [-0.05, 0) is 24.9 Å². The van der Waals surface area contributed by atoms with Gasteiger partial charge in [0.15, 0.2) is 11.9 Å². The molecule has 3 aliphatic heterocycles. The second-order valence-corrected chi connectivity index (χ2v) is 10.2. The maximum Gasteiger partial charge on any atom is 0.344 e. The molecule has 5 rings (SSSR count). The van der Waals surface area contributed by atoms with Crippen LogP contribution in [-0.4, -0.2) is 85.0 Å². The molecule has 6 atom stereocenters. The van der Waals surface area contributed by atoms with Crippen molar-refractivity contribution in [2.75, 3.05) is 39.3 Å². The zero-order chi connectivity index (χ0) is 26.2. The third-order valence-corrected chi connectivity index (χ3v) is 8.91. The highest BCUT2D eigenvalue weighted by Gasteiger charge is 2.80. The molecule has 0 amide bonds. The first kappa shape index (κ1) is 24.5. The van der Waals surface area contributed by atoms with E-state index in [-0.39, 0.29) is 17.5 Å². The molecule has 3 heterocycles. The van der Waals surface area contributed by atoms with Crippen LogP contribution in [0.5, 0.6) is 5.75 Å². The van der Waals surface area contributed by atoms with E-state index in [1.54, 1.807) is 18.0 Å². The smallest absolute Gasteiger partial charge is 0.344 e. The normalized spacial score (nSPS) is 36.1. The van der Waals surface area contributed by atoms with Crippen LogP contribution in [0.2, 0.25) is 0 Å². The van der Waals surface area contributed by atoms with Gasteiger partial charge in [0.25, 0.3) is 0 Å². The van der Waals surface area contributed by atoms with Gasteiger partial charge in [-0.3, -0.25) is 19.8 Å². The standard InChI is InChI=1S/C25H31N3O8/c1-6-23-8-7-10-27-11-9-24(19(23)27)15-12-17(28(32)33)18(34-4)13-16(15)26(3)20(24)25(31,22(30)35-5)21(23)36-14(2)29/h7-8,12-13,19-21,31H,6,9-11H2,1-5H3/t19-,20+,21+,23+,24+,25-/m0/s1. The van der Waals surface area contributed by atoms with E-state index in [4.69, 9.17) is 14.2 Å². The van der Waals surface area contributed by atoms with Crippen LogP contribution < -0.4 is 9.64 Å². The van der Waals surface area contributed by atoms with Gasteiger partial charge in [-0.2, -0.15) is 0 Å². The Morgan fingerprint density at radius 3 is 2.58 bits per heavy atom. The predicted molar refractivity (Wildman–Crippen MR) is 128 cm³/mol. The van der Waals surface area contributed by atoms with Crippen LogP contribution in [0.1, 0.15) is 32.3 Å². The number of nitrogens with zero attached hydrogens (tertiary/aromatic N) is 3. The lowest BCUT2D eigenvalue weighted by molar-refractivity contribution is -0.385. The minimum Gasteiger partial charge on any atom is -0.490 e. The van der Waals surface area contributed by atoms with Crippen molar-refractivity contribution in [1.82, 2.24) is 4.90 Å². The summed E-state index contributed by atoms with van der Waals surface area (Å²) < 4.78 is 16.4. The number of carbonyl (C=O) groups excluding carboxylic acids is 2. The number of anilines is 1. The summed E-state index contributed by atoms with van der Waals surface area (Å²) in [7, 11) is 4.29. The van der Waals surface area contributed by atoms with Crippen LogP contribution in [0.15, 0.2) is 24.3 Å². The molecule has 1 saturated carbocycles. The van der Waals surface area contributed by atoms with Crippen molar-refractivity contribution in [3.63, 3.8) is 0 Å². The number of methoxy groups -OCH3 is 2. The number of nitro groups is 1. The Hall–Kier alpha value is -3.18. The quantitative estimate of drug-likeness (QED) is 0.274. The lowest BCUT2D eigenvalue weighted by atomic mass is 9.47. The number of rotatable bonds is 5. The Bertz CT molecular complexity index is 1190. The SMILES string of the molecule is CC[C@]12C=CCN3CC[C@@]4(c5cc([N+](=O)[O-])c(OC)cc5N(C)[C@H]4[C@@](O)(C(=O)OC)[C@@H]1OC(C)=O)[C@@H]32. The van der Waals surface area contributed by atoms with Crippen LogP contribution in [-0.2, 0) is 24.5 Å². The summed E-state index contributed by atoms with van der Waals surface area (Å²) in [5.74, 6) is -1.46. The molecular formula is C25H31N3O8. The molecule has 1 spiro atoms. The van der Waals surface area contributed by atoms with Crippen molar-refractivity contribution in [3.8, 4) is 5.75 Å². The van der Waals surface area contributed by atoms with E-state index in [0.717, 1.165) is 0 Å². The van der Waals surface area contributed by atoms with E-state index < -0.39 is 45.4 Å². The maximum atomic E-state index is 13.6. The summed E-state index contributed by atoms with van der Waals surface area (Å²) in [4.78, 5) is 41.5. The van der Waals surface area contributed by atoms with E-state index in [0.29, 0.717) is 37.2 Å². The van der Waals surface area contributed by atoms with E-state index >= 15 is 0 Å². The van der Waals surface area contributed by atoms with E-state index in [1.165, 1.54) is 27.2 Å². The first-order valence-electron chi connectivity index (χ1n) is 12.0. The predicted octanol–water partition coefficient (Wildman–Crippen LogP) is 1.55. The molecule has 1 saturated heterocycles. The summed E-state index contributed by atoms with van der Waals surface area (Å²) in [6.07, 6.45) is 3.68. The lowest BCUT2D eigenvalue weighted by Crippen LogP contribution is -2.81. The van der Waals surface area contributed by atoms with E-state index in [2.05, 4.69) is 4.90 Å². The van der Waals surface area contributed by atoms with Crippen molar-refractivity contribution in [1.29, 1.82) is 0 Å². The monoisotopic (exact) mass is 501 g/mol. The lowest BCUT2D eigenvalue weighted by Gasteiger charge is -2.63. The van der Waals surface area contributed by atoms with Crippen LogP contribution >= 0.6 is 0 Å². The van der Waals surface area contributed by atoms with Crippen molar-refractivity contribution >= 4 is 23.3 Å². The van der Waals surface area contributed by atoms with Gasteiger partial charge < -0.3 is 24.2 Å². The highest BCUT2D eigenvalue weighted by atomic mass is 16.6. The molecule has 1 aromatic carbocycles. The van der Waals surface area contributed by atoms with Crippen molar-refractivity contribution in [3.05, 3.63) is 40.0 Å². The zero-order valence-corrected chi connectivity index (χ0v) is 21.0. The molecule has 11 nitrogen and oxygen atoms in total. The van der Waals surface area contributed by atoms with Gasteiger partial charge in [0.05, 0.1) is 25.2 Å². The number of aliphatic hydroxyl groups is 1. The van der Waals surface area contributed by atoms with Crippen molar-refractivity contribution in [2.45, 2.75) is 55.9 Å². The number of esters is 2. The number of fused-ring (bicyclic) bond motifs is 1.